The van der Waals surface area contributed by atoms with E-state index in [1.54, 1.807) is 7.11 Å². The van der Waals surface area contributed by atoms with Gasteiger partial charge in [-0.25, -0.2) is 0 Å². The van der Waals surface area contributed by atoms with E-state index in [0.29, 0.717) is 13.2 Å². The number of rotatable bonds is 9. The fraction of sp³-hybridized carbons (Fsp3) is 0.739. The van der Waals surface area contributed by atoms with Crippen molar-refractivity contribution in [3.05, 3.63) is 24.3 Å². The maximum atomic E-state index is 10.3. The van der Waals surface area contributed by atoms with Crippen LogP contribution in [0.5, 0.6) is 5.75 Å². The Hall–Kier alpha value is -1.30. The van der Waals surface area contributed by atoms with Gasteiger partial charge in [0.1, 0.15) is 5.75 Å². The van der Waals surface area contributed by atoms with Crippen LogP contribution < -0.4 is 9.64 Å². The van der Waals surface area contributed by atoms with Crippen molar-refractivity contribution in [3.63, 3.8) is 0 Å². The Morgan fingerprint density at radius 2 is 1.86 bits per heavy atom. The number of hydrogen-bond donors (Lipinski definition) is 1. The molecule has 3 aliphatic rings. The molecule has 28 heavy (non-hydrogen) atoms. The topological polar surface area (TPSA) is 45.2 Å². The van der Waals surface area contributed by atoms with Crippen LogP contribution in [0.2, 0.25) is 0 Å². The van der Waals surface area contributed by atoms with Crippen molar-refractivity contribution in [1.29, 1.82) is 0 Å². The number of β-amino-alcohol motifs (C(OH)–C–C–N with tert-alkyl or cyclic N) is 1. The quantitative estimate of drug-likeness (QED) is 0.659. The molecule has 0 amide bonds. The second kappa shape index (κ2) is 9.47. The zero-order valence-electron chi connectivity index (χ0n) is 17.3. The van der Waals surface area contributed by atoms with E-state index in [9.17, 15) is 5.11 Å². The zero-order valence-corrected chi connectivity index (χ0v) is 17.3. The molecule has 4 rings (SSSR count). The van der Waals surface area contributed by atoms with E-state index in [1.165, 1.54) is 37.8 Å². The third-order valence-corrected chi connectivity index (χ3v) is 7.11. The number of methoxy groups -OCH3 is 1. The van der Waals surface area contributed by atoms with Crippen LogP contribution in [0.3, 0.4) is 0 Å². The second-order valence-corrected chi connectivity index (χ2v) is 8.94. The van der Waals surface area contributed by atoms with Crippen LogP contribution in [-0.2, 0) is 4.74 Å². The molecule has 4 atom stereocenters. The Balaban J connectivity index is 1.10. The molecule has 1 aromatic carbocycles. The zero-order chi connectivity index (χ0) is 19.3. The van der Waals surface area contributed by atoms with Crippen molar-refractivity contribution in [1.82, 2.24) is 4.90 Å². The molecule has 1 N–H and O–H groups in total. The number of aliphatic hydroxyl groups excluding tert-OH is 1. The summed E-state index contributed by atoms with van der Waals surface area (Å²) in [6, 6.07) is 8.26. The lowest BCUT2D eigenvalue weighted by atomic mass is 9.87. The van der Waals surface area contributed by atoms with Gasteiger partial charge in [0.15, 0.2) is 0 Å². The van der Waals surface area contributed by atoms with Gasteiger partial charge >= 0.3 is 0 Å². The van der Waals surface area contributed by atoms with Gasteiger partial charge in [-0.3, -0.25) is 4.90 Å². The third kappa shape index (κ3) is 5.00. The molecule has 0 radical (unpaired) electrons. The maximum absolute atomic E-state index is 10.3. The van der Waals surface area contributed by atoms with Crippen molar-refractivity contribution in [2.24, 2.45) is 17.8 Å². The van der Waals surface area contributed by atoms with Gasteiger partial charge < -0.3 is 19.5 Å². The minimum Gasteiger partial charge on any atom is -0.497 e. The Morgan fingerprint density at radius 1 is 1.07 bits per heavy atom. The fourth-order valence-electron chi connectivity index (χ4n) is 5.52. The van der Waals surface area contributed by atoms with Crippen LogP contribution in [0.1, 0.15) is 32.1 Å². The molecule has 0 spiro atoms. The number of aliphatic hydroxyl groups is 1. The molecule has 0 unspecified atom stereocenters. The molecule has 1 saturated heterocycles. The summed E-state index contributed by atoms with van der Waals surface area (Å²) in [7, 11) is 1.70. The average Bonchev–Trinajstić information content (AvgIpc) is 3.35. The normalized spacial score (nSPS) is 28.6. The standard InChI is InChI=1S/C23H36N2O3/c1-27-23-6-4-21(5-7-23)25-11-9-24(10-12-25)16-22(26)17-28-13-8-20-15-18-2-3-19(20)14-18/h4-7,18-20,22,26H,2-3,8-17H2,1H3/t18-,19-,20+,22+/m0/s1. The first-order valence-corrected chi connectivity index (χ1v) is 11.1. The van der Waals surface area contributed by atoms with Crippen molar-refractivity contribution in [3.8, 4) is 5.75 Å². The molecule has 0 aromatic heterocycles. The number of ether oxygens (including phenoxy) is 2. The lowest BCUT2D eigenvalue weighted by molar-refractivity contribution is 0.0100. The van der Waals surface area contributed by atoms with Gasteiger partial charge in [-0.15, -0.1) is 0 Å². The van der Waals surface area contributed by atoms with E-state index in [0.717, 1.165) is 56.3 Å². The molecule has 2 bridgehead atoms. The van der Waals surface area contributed by atoms with Crippen molar-refractivity contribution >= 4 is 5.69 Å². The number of nitrogens with zero attached hydrogens (tertiary/aromatic N) is 2. The first kappa shape index (κ1) is 20.0. The lowest BCUT2D eigenvalue weighted by Gasteiger charge is -2.37. The summed E-state index contributed by atoms with van der Waals surface area (Å²) < 4.78 is 11.1. The van der Waals surface area contributed by atoms with Gasteiger partial charge in [0, 0.05) is 45.0 Å². The van der Waals surface area contributed by atoms with Gasteiger partial charge in [0.2, 0.25) is 0 Å². The first-order valence-electron chi connectivity index (χ1n) is 11.1. The maximum Gasteiger partial charge on any atom is 0.119 e. The minimum absolute atomic E-state index is 0.382. The summed E-state index contributed by atoms with van der Waals surface area (Å²) >= 11 is 0. The number of benzene rings is 1. The fourth-order valence-corrected chi connectivity index (χ4v) is 5.52. The molecule has 156 valence electrons. The molecular weight excluding hydrogens is 352 g/mol. The lowest BCUT2D eigenvalue weighted by Crippen LogP contribution is -2.49. The highest BCUT2D eigenvalue weighted by Crippen LogP contribution is 2.49. The van der Waals surface area contributed by atoms with Gasteiger partial charge in [-0.1, -0.05) is 6.42 Å². The summed E-state index contributed by atoms with van der Waals surface area (Å²) in [6.45, 7) is 5.94. The highest BCUT2D eigenvalue weighted by molar-refractivity contribution is 5.49. The highest BCUT2D eigenvalue weighted by atomic mass is 16.5. The molecule has 1 aliphatic heterocycles. The monoisotopic (exact) mass is 388 g/mol. The van der Waals surface area contributed by atoms with E-state index >= 15 is 0 Å². The molecular formula is C23H36N2O3. The van der Waals surface area contributed by atoms with E-state index in [-0.39, 0.29) is 6.10 Å². The molecule has 5 heteroatoms. The Kier molecular flexibility index (Phi) is 6.76. The smallest absolute Gasteiger partial charge is 0.119 e. The number of hydrogen-bond acceptors (Lipinski definition) is 5. The summed E-state index contributed by atoms with van der Waals surface area (Å²) in [5.41, 5.74) is 1.24. The predicted octanol–water partition coefficient (Wildman–Crippen LogP) is 3.02. The van der Waals surface area contributed by atoms with Gasteiger partial charge in [0.25, 0.3) is 0 Å². The van der Waals surface area contributed by atoms with Gasteiger partial charge in [-0.2, -0.15) is 0 Å². The van der Waals surface area contributed by atoms with Crippen LogP contribution >= 0.6 is 0 Å². The minimum atomic E-state index is -0.382. The Labute approximate surface area is 169 Å². The van der Waals surface area contributed by atoms with Crippen LogP contribution in [0.15, 0.2) is 24.3 Å². The van der Waals surface area contributed by atoms with Crippen LogP contribution in [0.4, 0.5) is 5.69 Å². The van der Waals surface area contributed by atoms with Gasteiger partial charge in [-0.05, 0) is 67.7 Å². The number of anilines is 1. The highest BCUT2D eigenvalue weighted by Gasteiger charge is 2.38. The Bertz CT molecular complexity index is 600. The van der Waals surface area contributed by atoms with E-state index in [1.807, 2.05) is 12.1 Å². The number of piperazine rings is 1. The molecule has 5 nitrogen and oxygen atoms in total. The van der Waals surface area contributed by atoms with Crippen molar-refractivity contribution in [2.75, 3.05) is 57.9 Å². The summed E-state index contributed by atoms with van der Waals surface area (Å²) in [5.74, 6) is 3.77. The van der Waals surface area contributed by atoms with Crippen molar-refractivity contribution < 1.29 is 14.6 Å². The molecule has 3 fully saturated rings. The van der Waals surface area contributed by atoms with E-state index in [4.69, 9.17) is 9.47 Å². The third-order valence-electron chi connectivity index (χ3n) is 7.11. The Morgan fingerprint density at radius 3 is 2.50 bits per heavy atom. The summed E-state index contributed by atoms with van der Waals surface area (Å²) in [4.78, 5) is 4.75. The predicted molar refractivity (Wildman–Crippen MR) is 112 cm³/mol. The number of fused-ring (bicyclic) bond motifs is 2. The van der Waals surface area contributed by atoms with Crippen LogP contribution in [0.25, 0.3) is 0 Å². The molecule has 1 aromatic rings. The van der Waals surface area contributed by atoms with Gasteiger partial charge in [0.05, 0.1) is 19.8 Å². The molecule has 1 heterocycles. The average molecular weight is 389 g/mol. The van der Waals surface area contributed by atoms with Crippen LogP contribution in [0, 0.1) is 17.8 Å². The summed E-state index contributed by atoms with van der Waals surface area (Å²) in [6.07, 6.45) is 6.61. The van der Waals surface area contributed by atoms with E-state index < -0.39 is 0 Å². The molecule has 2 saturated carbocycles. The van der Waals surface area contributed by atoms with E-state index in [2.05, 4.69) is 21.9 Å². The first-order chi connectivity index (χ1) is 13.7. The van der Waals surface area contributed by atoms with Crippen molar-refractivity contribution in [2.45, 2.75) is 38.2 Å². The van der Waals surface area contributed by atoms with Crippen LogP contribution in [-0.4, -0.2) is 69.2 Å². The molecule has 2 aliphatic carbocycles. The summed E-state index contributed by atoms with van der Waals surface area (Å²) in [5, 5.41) is 10.3. The largest absolute Gasteiger partial charge is 0.497 e. The SMILES string of the molecule is COc1ccc(N2CCN(C[C@@H](O)COCC[C@@H]3C[C@H]4CC[C@H]3C4)CC2)cc1. The second-order valence-electron chi connectivity index (χ2n) is 8.94.